The first kappa shape index (κ1) is 33.7. The lowest BCUT2D eigenvalue weighted by Crippen LogP contribution is -2.62. The number of esters is 3. The van der Waals surface area contributed by atoms with Crippen molar-refractivity contribution in [2.75, 3.05) is 20.3 Å². The van der Waals surface area contributed by atoms with E-state index in [1.165, 1.54) is 21.0 Å². The first-order chi connectivity index (χ1) is 19.3. The number of benzene rings is 1. The van der Waals surface area contributed by atoms with Crippen molar-refractivity contribution in [2.45, 2.75) is 115 Å². The molecule has 40 heavy (non-hydrogen) atoms. The van der Waals surface area contributed by atoms with Crippen molar-refractivity contribution in [3.05, 3.63) is 35.9 Å². The van der Waals surface area contributed by atoms with Gasteiger partial charge >= 0.3 is 17.9 Å². The zero-order chi connectivity index (χ0) is 29.2. The van der Waals surface area contributed by atoms with Crippen molar-refractivity contribution >= 4 is 17.9 Å². The maximum atomic E-state index is 12.0. The van der Waals surface area contributed by atoms with Crippen LogP contribution in [0.4, 0.5) is 0 Å². The lowest BCUT2D eigenvalue weighted by molar-refractivity contribution is -0.313. The summed E-state index contributed by atoms with van der Waals surface area (Å²) < 4.78 is 33.7. The van der Waals surface area contributed by atoms with Crippen LogP contribution in [0.5, 0.6) is 0 Å². The van der Waals surface area contributed by atoms with Crippen molar-refractivity contribution in [3.8, 4) is 0 Å². The number of methoxy groups -OCH3 is 1. The summed E-state index contributed by atoms with van der Waals surface area (Å²) in [7, 11) is 1.42. The van der Waals surface area contributed by atoms with Gasteiger partial charge in [0.2, 0.25) is 0 Å². The monoisotopic (exact) mass is 566 g/mol. The van der Waals surface area contributed by atoms with Gasteiger partial charge in [0, 0.05) is 26.9 Å². The predicted octanol–water partition coefficient (Wildman–Crippen LogP) is 4.24. The number of carbonyl (C=O) groups is 3. The highest BCUT2D eigenvalue weighted by Crippen LogP contribution is 2.30. The Labute approximate surface area is 237 Å². The Morgan fingerprint density at radius 2 is 1.35 bits per heavy atom. The normalized spacial score (nSPS) is 22.4. The van der Waals surface area contributed by atoms with Crippen molar-refractivity contribution in [1.82, 2.24) is 0 Å². The number of carbonyl (C=O) groups excluding carboxylic acids is 3. The summed E-state index contributed by atoms with van der Waals surface area (Å²) in [5.41, 5.74) is 0.886. The molecule has 2 rings (SSSR count). The fourth-order valence-corrected chi connectivity index (χ4v) is 4.68. The number of aliphatic hydroxyl groups excluding tert-OH is 1. The van der Waals surface area contributed by atoms with E-state index >= 15 is 0 Å². The number of hydrogen-bond donors (Lipinski definition) is 1. The minimum Gasteiger partial charge on any atom is -0.469 e. The molecule has 0 aliphatic carbocycles. The fourth-order valence-electron chi connectivity index (χ4n) is 4.68. The molecule has 0 radical (unpaired) electrons. The summed E-state index contributed by atoms with van der Waals surface area (Å²) in [5, 5.41) is 10.0. The number of hydrogen-bond acceptors (Lipinski definition) is 10. The first-order valence-corrected chi connectivity index (χ1v) is 14.3. The third-order valence-electron chi connectivity index (χ3n) is 6.70. The lowest BCUT2D eigenvalue weighted by Gasteiger charge is -2.44. The number of rotatable bonds is 19. The van der Waals surface area contributed by atoms with Crippen molar-refractivity contribution in [3.63, 3.8) is 0 Å². The average molecular weight is 567 g/mol. The van der Waals surface area contributed by atoms with E-state index < -0.39 is 49.3 Å². The van der Waals surface area contributed by atoms with Crippen LogP contribution >= 0.6 is 0 Å². The molecule has 10 heteroatoms. The summed E-state index contributed by atoms with van der Waals surface area (Å²) in [5.74, 6) is -1.27. The van der Waals surface area contributed by atoms with E-state index in [9.17, 15) is 19.5 Å². The second-order valence-corrected chi connectivity index (χ2v) is 10.0. The average Bonchev–Trinajstić information content (AvgIpc) is 2.93. The molecule has 0 aromatic heterocycles. The molecular formula is C30H46O10. The highest BCUT2D eigenvalue weighted by Gasteiger charge is 2.51. The second kappa shape index (κ2) is 19.5. The Morgan fingerprint density at radius 1 is 0.775 bits per heavy atom. The van der Waals surface area contributed by atoms with E-state index in [0.717, 1.165) is 63.4 Å². The van der Waals surface area contributed by atoms with Crippen LogP contribution in [0.25, 0.3) is 0 Å². The summed E-state index contributed by atoms with van der Waals surface area (Å²) in [4.78, 5) is 35.0. The summed E-state index contributed by atoms with van der Waals surface area (Å²) in [6.45, 7) is 2.66. The van der Waals surface area contributed by atoms with Gasteiger partial charge in [0.1, 0.15) is 12.2 Å². The minimum atomic E-state index is -0.993. The molecule has 0 amide bonds. The predicted molar refractivity (Wildman–Crippen MR) is 146 cm³/mol. The largest absolute Gasteiger partial charge is 0.469 e. The van der Waals surface area contributed by atoms with Gasteiger partial charge < -0.3 is 33.5 Å². The van der Waals surface area contributed by atoms with Gasteiger partial charge in [0.25, 0.3) is 0 Å². The van der Waals surface area contributed by atoms with Crippen LogP contribution in [-0.4, -0.2) is 74.0 Å². The van der Waals surface area contributed by atoms with E-state index in [1.54, 1.807) is 0 Å². The number of aliphatic hydroxyl groups is 1. The lowest BCUT2D eigenvalue weighted by atomic mass is 9.98. The van der Waals surface area contributed by atoms with Gasteiger partial charge in [-0.3, -0.25) is 14.4 Å². The van der Waals surface area contributed by atoms with Gasteiger partial charge in [-0.25, -0.2) is 0 Å². The minimum absolute atomic E-state index is 0.147. The highest BCUT2D eigenvalue weighted by atomic mass is 16.7. The van der Waals surface area contributed by atoms with E-state index in [-0.39, 0.29) is 12.6 Å². The van der Waals surface area contributed by atoms with Crippen LogP contribution in [0.1, 0.15) is 83.6 Å². The Hall–Kier alpha value is -2.53. The van der Waals surface area contributed by atoms with Crippen LogP contribution in [0, 0.1) is 0 Å². The quantitative estimate of drug-likeness (QED) is 0.148. The molecule has 10 nitrogen and oxygen atoms in total. The second-order valence-electron chi connectivity index (χ2n) is 10.0. The summed E-state index contributed by atoms with van der Waals surface area (Å²) in [6.07, 6.45) is 4.99. The van der Waals surface area contributed by atoms with Gasteiger partial charge in [-0.1, -0.05) is 75.3 Å². The molecule has 1 saturated heterocycles. The first-order valence-electron chi connectivity index (χ1n) is 14.3. The molecule has 1 aliphatic heterocycles. The van der Waals surface area contributed by atoms with Crippen molar-refractivity contribution < 1.29 is 47.9 Å². The van der Waals surface area contributed by atoms with Crippen LogP contribution in [0.3, 0.4) is 0 Å². The Balaban J connectivity index is 1.85. The molecule has 226 valence electrons. The van der Waals surface area contributed by atoms with Crippen molar-refractivity contribution in [1.29, 1.82) is 0 Å². The topological polar surface area (TPSA) is 127 Å². The van der Waals surface area contributed by atoms with Crippen LogP contribution in [0.15, 0.2) is 30.3 Å². The van der Waals surface area contributed by atoms with Gasteiger partial charge in [-0.05, 0) is 18.4 Å². The summed E-state index contributed by atoms with van der Waals surface area (Å²) >= 11 is 0. The molecule has 0 unspecified atom stereocenters. The zero-order valence-corrected chi connectivity index (χ0v) is 24.1. The third kappa shape index (κ3) is 12.8. The SMILES string of the molecule is COC(=O)CCCCCCCCCCCO[C@H]1O[C@H](CO)[C@@H](OC(C)=O)[C@H](OCc2ccccc2)[C@H]1OC(C)=O. The highest BCUT2D eigenvalue weighted by molar-refractivity contribution is 5.69. The van der Waals surface area contributed by atoms with E-state index in [4.69, 9.17) is 23.7 Å². The van der Waals surface area contributed by atoms with Crippen LogP contribution < -0.4 is 0 Å². The molecule has 1 aromatic rings. The zero-order valence-electron chi connectivity index (χ0n) is 24.1. The Kier molecular flexibility index (Phi) is 16.4. The van der Waals surface area contributed by atoms with Gasteiger partial charge in [0.05, 0.1) is 20.3 Å². The molecule has 1 aliphatic rings. The van der Waals surface area contributed by atoms with Crippen LogP contribution in [0.2, 0.25) is 0 Å². The Morgan fingerprint density at radius 3 is 1.93 bits per heavy atom. The molecule has 1 aromatic carbocycles. The molecule has 1 heterocycles. The fraction of sp³-hybridized carbons (Fsp3) is 0.700. The maximum absolute atomic E-state index is 12.0. The van der Waals surface area contributed by atoms with Gasteiger partial charge in [0.15, 0.2) is 18.5 Å². The van der Waals surface area contributed by atoms with E-state index in [2.05, 4.69) is 4.74 Å². The number of unbranched alkanes of at least 4 members (excludes halogenated alkanes) is 8. The van der Waals surface area contributed by atoms with E-state index in [1.807, 2.05) is 30.3 Å². The van der Waals surface area contributed by atoms with Gasteiger partial charge in [-0.2, -0.15) is 0 Å². The smallest absolute Gasteiger partial charge is 0.305 e. The molecule has 0 bridgehead atoms. The molecule has 1 fully saturated rings. The molecular weight excluding hydrogens is 520 g/mol. The summed E-state index contributed by atoms with van der Waals surface area (Å²) in [6, 6.07) is 9.44. The maximum Gasteiger partial charge on any atom is 0.305 e. The number of ether oxygens (including phenoxy) is 6. The van der Waals surface area contributed by atoms with E-state index in [0.29, 0.717) is 13.0 Å². The molecule has 0 spiro atoms. The molecule has 5 atom stereocenters. The third-order valence-corrected chi connectivity index (χ3v) is 6.70. The molecule has 0 saturated carbocycles. The standard InChI is InChI=1S/C30H46O10/c1-22(32)38-27-25(20-31)40-30(29(39-23(2)33)28(27)37-21-24-16-12-11-13-17-24)36-19-15-10-8-6-4-5-7-9-14-18-26(34)35-3/h11-13,16-17,25,27-31H,4-10,14-15,18-21H2,1-3H3/t25-,27-,28+,29-,30+/m1/s1. The van der Waals surface area contributed by atoms with Crippen LogP contribution in [-0.2, 0) is 49.4 Å². The van der Waals surface area contributed by atoms with Gasteiger partial charge in [-0.15, -0.1) is 0 Å². The molecule has 1 N–H and O–H groups in total. The van der Waals surface area contributed by atoms with Crippen molar-refractivity contribution in [2.24, 2.45) is 0 Å². The Bertz CT molecular complexity index is 861.